The molecule has 0 saturated carbocycles. The molecule has 4 heteroatoms. The lowest BCUT2D eigenvalue weighted by atomic mass is 10.0. The van der Waals surface area contributed by atoms with Crippen molar-refractivity contribution in [2.24, 2.45) is 0 Å². The van der Waals surface area contributed by atoms with E-state index in [2.05, 4.69) is 22.3 Å². The Hall–Kier alpha value is -0.610. The molecular weight excluding hydrogens is 248 g/mol. The SMILES string of the molecule is OCC(CCc1ccc(Cl)cc1)N1CCNCC1. The van der Waals surface area contributed by atoms with E-state index in [4.69, 9.17) is 11.6 Å². The Bertz CT molecular complexity index is 349. The molecule has 3 nitrogen and oxygen atoms in total. The van der Waals surface area contributed by atoms with E-state index in [1.54, 1.807) is 0 Å². The van der Waals surface area contributed by atoms with Crippen LogP contribution in [0.5, 0.6) is 0 Å². The lowest BCUT2D eigenvalue weighted by molar-refractivity contribution is 0.104. The van der Waals surface area contributed by atoms with Crippen molar-refractivity contribution < 1.29 is 5.11 Å². The molecule has 0 radical (unpaired) electrons. The minimum atomic E-state index is 0.244. The van der Waals surface area contributed by atoms with Crippen molar-refractivity contribution in [3.63, 3.8) is 0 Å². The lowest BCUT2D eigenvalue weighted by Crippen LogP contribution is -2.49. The number of hydrogen-bond donors (Lipinski definition) is 2. The van der Waals surface area contributed by atoms with Crippen LogP contribution in [-0.4, -0.2) is 48.8 Å². The van der Waals surface area contributed by atoms with Crippen molar-refractivity contribution in [1.82, 2.24) is 10.2 Å². The highest BCUT2D eigenvalue weighted by Crippen LogP contribution is 2.14. The second-order valence-corrected chi connectivity index (χ2v) is 5.22. The van der Waals surface area contributed by atoms with E-state index in [1.165, 1.54) is 5.56 Å². The third kappa shape index (κ3) is 3.95. The van der Waals surface area contributed by atoms with Gasteiger partial charge in [-0.3, -0.25) is 4.90 Å². The third-order valence-corrected chi connectivity index (χ3v) is 3.81. The molecule has 0 amide bonds. The number of rotatable bonds is 5. The topological polar surface area (TPSA) is 35.5 Å². The molecule has 1 saturated heterocycles. The summed E-state index contributed by atoms with van der Waals surface area (Å²) >= 11 is 5.87. The van der Waals surface area contributed by atoms with Crippen LogP contribution in [0.25, 0.3) is 0 Å². The first kappa shape index (κ1) is 13.8. The molecule has 2 rings (SSSR count). The maximum absolute atomic E-state index is 9.52. The lowest BCUT2D eigenvalue weighted by Gasteiger charge is -2.34. The number of aryl methyl sites for hydroxylation is 1. The van der Waals surface area contributed by atoms with Crippen LogP contribution >= 0.6 is 11.6 Å². The predicted octanol–water partition coefficient (Wildman–Crippen LogP) is 1.54. The highest BCUT2D eigenvalue weighted by molar-refractivity contribution is 6.30. The third-order valence-electron chi connectivity index (χ3n) is 3.56. The van der Waals surface area contributed by atoms with Crippen molar-refractivity contribution in [1.29, 1.82) is 0 Å². The van der Waals surface area contributed by atoms with E-state index in [0.29, 0.717) is 0 Å². The molecule has 1 heterocycles. The monoisotopic (exact) mass is 268 g/mol. The number of nitrogens with zero attached hydrogens (tertiary/aromatic N) is 1. The summed E-state index contributed by atoms with van der Waals surface area (Å²) in [5, 5.41) is 13.6. The Morgan fingerprint density at radius 1 is 1.22 bits per heavy atom. The van der Waals surface area contributed by atoms with Gasteiger partial charge < -0.3 is 10.4 Å². The molecule has 1 aromatic carbocycles. The van der Waals surface area contributed by atoms with Crippen LogP contribution in [-0.2, 0) is 6.42 Å². The first-order chi connectivity index (χ1) is 8.79. The molecule has 0 bridgehead atoms. The molecule has 1 aliphatic rings. The second kappa shape index (κ2) is 7.10. The van der Waals surface area contributed by atoms with Gasteiger partial charge in [-0.05, 0) is 30.5 Å². The first-order valence-corrected chi connectivity index (χ1v) is 6.97. The average molecular weight is 269 g/mol. The van der Waals surface area contributed by atoms with Crippen molar-refractivity contribution in [2.45, 2.75) is 18.9 Å². The molecule has 0 aliphatic carbocycles. The van der Waals surface area contributed by atoms with Crippen molar-refractivity contribution in [3.05, 3.63) is 34.9 Å². The van der Waals surface area contributed by atoms with E-state index in [9.17, 15) is 5.11 Å². The molecule has 1 atom stereocenters. The summed E-state index contributed by atoms with van der Waals surface area (Å²) in [6.07, 6.45) is 1.99. The van der Waals surface area contributed by atoms with Gasteiger partial charge >= 0.3 is 0 Å². The fraction of sp³-hybridized carbons (Fsp3) is 0.571. The minimum Gasteiger partial charge on any atom is -0.395 e. The standard InChI is InChI=1S/C14H21ClN2O/c15-13-4-1-12(2-5-13)3-6-14(11-18)17-9-7-16-8-10-17/h1-2,4-5,14,16,18H,3,6-11H2. The summed E-state index contributed by atoms with van der Waals surface area (Å²) in [6, 6.07) is 8.26. The van der Waals surface area contributed by atoms with Gasteiger partial charge in [0, 0.05) is 37.2 Å². The van der Waals surface area contributed by atoms with Gasteiger partial charge in [-0.25, -0.2) is 0 Å². The van der Waals surface area contributed by atoms with Crippen LogP contribution < -0.4 is 5.32 Å². The van der Waals surface area contributed by atoms with Crippen LogP contribution in [0.2, 0.25) is 5.02 Å². The number of aliphatic hydroxyl groups is 1. The van der Waals surface area contributed by atoms with E-state index in [0.717, 1.165) is 44.0 Å². The van der Waals surface area contributed by atoms with Crippen molar-refractivity contribution in [3.8, 4) is 0 Å². The molecule has 1 unspecified atom stereocenters. The number of hydrogen-bond acceptors (Lipinski definition) is 3. The van der Waals surface area contributed by atoms with Crippen LogP contribution in [0, 0.1) is 0 Å². The van der Waals surface area contributed by atoms with Crippen LogP contribution in [0.15, 0.2) is 24.3 Å². The van der Waals surface area contributed by atoms with Crippen molar-refractivity contribution >= 4 is 11.6 Å². The van der Waals surface area contributed by atoms with Crippen LogP contribution in [0.4, 0.5) is 0 Å². The molecule has 2 N–H and O–H groups in total. The molecule has 1 fully saturated rings. The summed E-state index contributed by atoms with van der Waals surface area (Å²) in [7, 11) is 0. The fourth-order valence-corrected chi connectivity index (χ4v) is 2.55. The van der Waals surface area contributed by atoms with Gasteiger partial charge in [0.2, 0.25) is 0 Å². The molecule has 100 valence electrons. The maximum Gasteiger partial charge on any atom is 0.0587 e. The Labute approximate surface area is 114 Å². The molecule has 18 heavy (non-hydrogen) atoms. The molecular formula is C14H21ClN2O. The van der Waals surface area contributed by atoms with Gasteiger partial charge in [-0.15, -0.1) is 0 Å². The van der Waals surface area contributed by atoms with Crippen molar-refractivity contribution in [2.75, 3.05) is 32.8 Å². The van der Waals surface area contributed by atoms with Gasteiger partial charge in [-0.1, -0.05) is 23.7 Å². The highest BCUT2D eigenvalue weighted by Gasteiger charge is 2.19. The molecule has 1 aliphatic heterocycles. The Balaban J connectivity index is 1.84. The van der Waals surface area contributed by atoms with E-state index < -0.39 is 0 Å². The van der Waals surface area contributed by atoms with Gasteiger partial charge in [-0.2, -0.15) is 0 Å². The first-order valence-electron chi connectivity index (χ1n) is 6.59. The number of nitrogens with one attached hydrogen (secondary N) is 1. The summed E-state index contributed by atoms with van der Waals surface area (Å²) in [6.45, 7) is 4.36. The van der Waals surface area contributed by atoms with Gasteiger partial charge in [0.1, 0.15) is 0 Å². The van der Waals surface area contributed by atoms with Crippen LogP contribution in [0.1, 0.15) is 12.0 Å². The van der Waals surface area contributed by atoms with E-state index in [1.807, 2.05) is 12.1 Å². The number of piperazine rings is 1. The Kier molecular flexibility index (Phi) is 5.45. The predicted molar refractivity (Wildman–Crippen MR) is 75.1 cm³/mol. The Morgan fingerprint density at radius 2 is 1.89 bits per heavy atom. The molecule has 0 aromatic heterocycles. The zero-order chi connectivity index (χ0) is 12.8. The smallest absolute Gasteiger partial charge is 0.0587 e. The summed E-state index contributed by atoms with van der Waals surface area (Å²) in [4.78, 5) is 2.38. The second-order valence-electron chi connectivity index (χ2n) is 4.79. The summed E-state index contributed by atoms with van der Waals surface area (Å²) < 4.78 is 0. The maximum atomic E-state index is 9.52. The van der Waals surface area contributed by atoms with E-state index in [-0.39, 0.29) is 12.6 Å². The minimum absolute atomic E-state index is 0.244. The fourth-order valence-electron chi connectivity index (χ4n) is 2.42. The molecule has 1 aromatic rings. The summed E-state index contributed by atoms with van der Waals surface area (Å²) in [5.74, 6) is 0. The van der Waals surface area contributed by atoms with E-state index >= 15 is 0 Å². The van der Waals surface area contributed by atoms with Gasteiger partial charge in [0.15, 0.2) is 0 Å². The number of halogens is 1. The largest absolute Gasteiger partial charge is 0.395 e. The highest BCUT2D eigenvalue weighted by atomic mass is 35.5. The zero-order valence-corrected chi connectivity index (χ0v) is 11.4. The summed E-state index contributed by atoms with van der Waals surface area (Å²) in [5.41, 5.74) is 1.29. The van der Waals surface area contributed by atoms with Gasteiger partial charge in [0.05, 0.1) is 6.61 Å². The zero-order valence-electron chi connectivity index (χ0n) is 10.6. The van der Waals surface area contributed by atoms with Gasteiger partial charge in [0.25, 0.3) is 0 Å². The number of aliphatic hydroxyl groups excluding tert-OH is 1. The average Bonchev–Trinajstić information content (AvgIpc) is 2.43. The van der Waals surface area contributed by atoms with Crippen LogP contribution in [0.3, 0.4) is 0 Å². The normalized spacial score (nSPS) is 18.8. The quantitative estimate of drug-likeness (QED) is 0.850. The Morgan fingerprint density at radius 3 is 2.50 bits per heavy atom. The molecule has 0 spiro atoms. The number of benzene rings is 1.